The summed E-state index contributed by atoms with van der Waals surface area (Å²) in [6.07, 6.45) is 1.34. The maximum atomic E-state index is 9.48. The molecule has 0 aromatic carbocycles. The molecule has 76 valence electrons. The molecule has 1 heterocycles. The summed E-state index contributed by atoms with van der Waals surface area (Å²) in [5, 5.41) is 16.6. The molecule has 0 radical (unpaired) electrons. The molecular weight excluding hydrogens is 166 g/mol. The van der Waals surface area contributed by atoms with Crippen LogP contribution in [0.1, 0.15) is 19.8 Å². The van der Waals surface area contributed by atoms with Gasteiger partial charge in [-0.05, 0) is 12.3 Å². The van der Waals surface area contributed by atoms with Crippen LogP contribution in [0.3, 0.4) is 0 Å². The van der Waals surface area contributed by atoms with E-state index in [9.17, 15) is 5.11 Å². The highest BCUT2D eigenvalue weighted by Crippen LogP contribution is 2.16. The summed E-state index contributed by atoms with van der Waals surface area (Å²) in [5.74, 6) is 0.597. The van der Waals surface area contributed by atoms with Crippen LogP contribution in [0, 0.1) is 11.3 Å². The van der Waals surface area contributed by atoms with Gasteiger partial charge in [-0.15, -0.1) is 0 Å². The van der Waals surface area contributed by atoms with Crippen molar-refractivity contribution in [2.24, 2.45) is 11.7 Å². The number of nitrogens with one attached hydrogen (secondary N) is 1. The summed E-state index contributed by atoms with van der Waals surface area (Å²) >= 11 is 0. The van der Waals surface area contributed by atoms with Crippen LogP contribution in [0.25, 0.3) is 0 Å². The minimum absolute atomic E-state index is 0.145. The molecule has 1 fully saturated rings. The molecule has 0 bridgehead atoms. The maximum absolute atomic E-state index is 9.48. The van der Waals surface area contributed by atoms with Gasteiger partial charge >= 0.3 is 0 Å². The van der Waals surface area contributed by atoms with Gasteiger partial charge in [-0.25, -0.2) is 0 Å². The molecule has 0 aromatic rings. The van der Waals surface area contributed by atoms with Gasteiger partial charge in [0.1, 0.15) is 0 Å². The van der Waals surface area contributed by atoms with E-state index in [1.54, 1.807) is 0 Å². The second-order valence-corrected chi connectivity index (χ2v) is 3.91. The van der Waals surface area contributed by atoms with E-state index in [1.165, 1.54) is 0 Å². The Hall–Kier alpha value is -0.610. The lowest BCUT2D eigenvalue weighted by Crippen LogP contribution is -2.42. The van der Waals surface area contributed by atoms with Crippen molar-refractivity contribution in [3.63, 3.8) is 0 Å². The molecule has 0 aliphatic carbocycles. The number of nitrogens with zero attached hydrogens (tertiary/aromatic N) is 1. The summed E-state index contributed by atoms with van der Waals surface area (Å²) in [7, 11) is 0. The van der Waals surface area contributed by atoms with Gasteiger partial charge in [-0.1, -0.05) is 6.92 Å². The Morgan fingerprint density at radius 3 is 2.92 bits per heavy atom. The van der Waals surface area contributed by atoms with Gasteiger partial charge < -0.3 is 15.7 Å². The average molecular weight is 185 g/mol. The zero-order valence-electron chi connectivity index (χ0n) is 8.16. The second-order valence-electron chi connectivity index (χ2n) is 3.91. The highest BCUT2D eigenvalue weighted by molar-refractivity contribution is 5.76. The number of aliphatic hydroxyl groups excluding tert-OH is 1. The van der Waals surface area contributed by atoms with Crippen molar-refractivity contribution in [2.45, 2.75) is 25.9 Å². The van der Waals surface area contributed by atoms with E-state index in [1.807, 2.05) is 0 Å². The molecule has 4 nitrogen and oxygen atoms in total. The normalized spacial score (nSPS) is 30.3. The molecule has 1 rings (SSSR count). The van der Waals surface area contributed by atoms with Gasteiger partial charge in [0.05, 0.1) is 11.9 Å². The third-order valence-corrected chi connectivity index (χ3v) is 2.64. The smallest absolute Gasteiger partial charge is 0.0918 e. The lowest BCUT2D eigenvalue weighted by Gasteiger charge is -2.34. The van der Waals surface area contributed by atoms with Crippen molar-refractivity contribution >= 4 is 5.84 Å². The fourth-order valence-electron chi connectivity index (χ4n) is 1.70. The largest absolute Gasteiger partial charge is 0.393 e. The SMILES string of the molecule is CC1CN(CCC(=N)N)CCC1O. The van der Waals surface area contributed by atoms with Crippen LogP contribution in [-0.4, -0.2) is 41.6 Å². The van der Waals surface area contributed by atoms with Crippen LogP contribution in [-0.2, 0) is 0 Å². The number of likely N-dealkylation sites (tertiary alicyclic amines) is 1. The van der Waals surface area contributed by atoms with E-state index in [0.29, 0.717) is 12.3 Å². The predicted molar refractivity (Wildman–Crippen MR) is 52.8 cm³/mol. The third-order valence-electron chi connectivity index (χ3n) is 2.64. The summed E-state index contributed by atoms with van der Waals surface area (Å²) in [4.78, 5) is 2.26. The van der Waals surface area contributed by atoms with E-state index in [4.69, 9.17) is 11.1 Å². The van der Waals surface area contributed by atoms with Gasteiger partial charge in [-0.2, -0.15) is 0 Å². The summed E-state index contributed by atoms with van der Waals surface area (Å²) in [5.41, 5.74) is 5.28. The van der Waals surface area contributed by atoms with E-state index < -0.39 is 0 Å². The van der Waals surface area contributed by atoms with E-state index in [2.05, 4.69) is 11.8 Å². The Morgan fingerprint density at radius 1 is 1.69 bits per heavy atom. The second kappa shape index (κ2) is 4.58. The quantitative estimate of drug-likeness (QED) is 0.428. The highest BCUT2D eigenvalue weighted by Gasteiger charge is 2.23. The van der Waals surface area contributed by atoms with Gasteiger partial charge in [0.15, 0.2) is 0 Å². The Labute approximate surface area is 79.2 Å². The van der Waals surface area contributed by atoms with Crippen molar-refractivity contribution in [1.29, 1.82) is 5.41 Å². The molecule has 1 saturated heterocycles. The minimum atomic E-state index is -0.145. The van der Waals surface area contributed by atoms with Crippen LogP contribution >= 0.6 is 0 Å². The summed E-state index contributed by atoms with van der Waals surface area (Å²) < 4.78 is 0. The van der Waals surface area contributed by atoms with E-state index in [0.717, 1.165) is 26.1 Å². The van der Waals surface area contributed by atoms with Gasteiger partial charge in [0, 0.05) is 26.1 Å². The molecule has 0 spiro atoms. The standard InChI is InChI=1S/C9H19N3O/c1-7-6-12(4-2-8(7)13)5-3-9(10)11/h7-8,13H,2-6H2,1H3,(H3,10,11). The molecular formula is C9H19N3O. The number of rotatable bonds is 3. The van der Waals surface area contributed by atoms with Crippen LogP contribution in [0.4, 0.5) is 0 Å². The van der Waals surface area contributed by atoms with Crippen LogP contribution < -0.4 is 5.73 Å². The first-order valence-electron chi connectivity index (χ1n) is 4.83. The van der Waals surface area contributed by atoms with E-state index in [-0.39, 0.29) is 11.9 Å². The van der Waals surface area contributed by atoms with Crippen LogP contribution in [0.5, 0.6) is 0 Å². The maximum Gasteiger partial charge on any atom is 0.0918 e. The molecule has 13 heavy (non-hydrogen) atoms. The molecule has 4 heteroatoms. The van der Waals surface area contributed by atoms with Crippen molar-refractivity contribution in [3.8, 4) is 0 Å². The first-order chi connectivity index (χ1) is 6.09. The number of amidine groups is 1. The zero-order chi connectivity index (χ0) is 9.84. The summed E-state index contributed by atoms with van der Waals surface area (Å²) in [6.45, 7) is 4.77. The molecule has 2 atom stereocenters. The predicted octanol–water partition coefficient (Wildman–Crippen LogP) is 0.0152. The van der Waals surface area contributed by atoms with Gasteiger partial charge in [-0.3, -0.25) is 5.41 Å². The topological polar surface area (TPSA) is 73.3 Å². The molecule has 0 aromatic heterocycles. The third kappa shape index (κ3) is 3.32. The number of hydrogen-bond donors (Lipinski definition) is 3. The van der Waals surface area contributed by atoms with Gasteiger partial charge in [0.25, 0.3) is 0 Å². The Bertz CT molecular complexity index is 184. The molecule has 1 aliphatic rings. The Kier molecular flexibility index (Phi) is 3.69. The summed E-state index contributed by atoms with van der Waals surface area (Å²) in [6, 6.07) is 0. The highest BCUT2D eigenvalue weighted by atomic mass is 16.3. The minimum Gasteiger partial charge on any atom is -0.393 e. The van der Waals surface area contributed by atoms with Crippen molar-refractivity contribution < 1.29 is 5.11 Å². The Morgan fingerprint density at radius 2 is 2.38 bits per heavy atom. The van der Waals surface area contributed by atoms with Crippen molar-refractivity contribution in [2.75, 3.05) is 19.6 Å². The fraction of sp³-hybridized carbons (Fsp3) is 0.889. The zero-order valence-corrected chi connectivity index (χ0v) is 8.16. The number of hydrogen-bond acceptors (Lipinski definition) is 3. The number of nitrogens with two attached hydrogens (primary N) is 1. The lowest BCUT2D eigenvalue weighted by atomic mass is 9.97. The molecule has 1 aliphatic heterocycles. The van der Waals surface area contributed by atoms with E-state index >= 15 is 0 Å². The average Bonchev–Trinajstić information content (AvgIpc) is 2.07. The molecule has 0 amide bonds. The first kappa shape index (κ1) is 10.5. The fourth-order valence-corrected chi connectivity index (χ4v) is 1.70. The number of aliphatic hydroxyl groups is 1. The molecule has 4 N–H and O–H groups in total. The van der Waals surface area contributed by atoms with Gasteiger partial charge in [0.2, 0.25) is 0 Å². The number of piperidine rings is 1. The molecule has 0 saturated carbocycles. The lowest BCUT2D eigenvalue weighted by molar-refractivity contribution is 0.0362. The monoisotopic (exact) mass is 185 g/mol. The van der Waals surface area contributed by atoms with Crippen molar-refractivity contribution in [3.05, 3.63) is 0 Å². The molecule has 2 unspecified atom stereocenters. The van der Waals surface area contributed by atoms with Crippen LogP contribution in [0.15, 0.2) is 0 Å². The van der Waals surface area contributed by atoms with Crippen LogP contribution in [0.2, 0.25) is 0 Å². The Balaban J connectivity index is 2.25. The first-order valence-corrected chi connectivity index (χ1v) is 4.83. The van der Waals surface area contributed by atoms with Crippen molar-refractivity contribution in [1.82, 2.24) is 4.90 Å².